The summed E-state index contributed by atoms with van der Waals surface area (Å²) in [6.07, 6.45) is 3.53. The number of pyridine rings is 1. The number of rotatable bonds is 5. The van der Waals surface area contributed by atoms with E-state index in [1.807, 2.05) is 19.1 Å². The molecule has 1 heterocycles. The maximum atomic E-state index is 9.01. The highest BCUT2D eigenvalue weighted by Gasteiger charge is 2.20. The van der Waals surface area contributed by atoms with E-state index in [-0.39, 0.29) is 12.1 Å². The van der Waals surface area contributed by atoms with E-state index in [4.69, 9.17) is 5.11 Å². The van der Waals surface area contributed by atoms with Crippen molar-refractivity contribution >= 4 is 5.69 Å². The zero-order valence-corrected chi connectivity index (χ0v) is 9.75. The molecule has 0 fully saturated rings. The van der Waals surface area contributed by atoms with Crippen molar-refractivity contribution in [2.24, 2.45) is 0 Å². The van der Waals surface area contributed by atoms with Crippen LogP contribution in [0.2, 0.25) is 0 Å². The summed E-state index contributed by atoms with van der Waals surface area (Å²) >= 11 is 0. The largest absolute Gasteiger partial charge is 0.396 e. The Kier molecular flexibility index (Phi) is 4.09. The molecule has 2 N–H and O–H groups in total. The Labute approximate surface area is 91.5 Å². The van der Waals surface area contributed by atoms with Crippen molar-refractivity contribution in [2.75, 3.05) is 11.9 Å². The average molecular weight is 208 g/mol. The lowest BCUT2D eigenvalue weighted by Crippen LogP contribution is -2.35. The average Bonchev–Trinajstić information content (AvgIpc) is 2.18. The first-order valence-corrected chi connectivity index (χ1v) is 5.41. The minimum absolute atomic E-state index is 0.0391. The molecule has 1 atom stereocenters. The van der Waals surface area contributed by atoms with Gasteiger partial charge in [-0.3, -0.25) is 4.98 Å². The van der Waals surface area contributed by atoms with Crippen LogP contribution in [0.3, 0.4) is 0 Å². The van der Waals surface area contributed by atoms with E-state index in [9.17, 15) is 0 Å². The Bertz CT molecular complexity index is 314. The van der Waals surface area contributed by atoms with Crippen LogP contribution in [0.25, 0.3) is 0 Å². The van der Waals surface area contributed by atoms with E-state index in [1.165, 1.54) is 0 Å². The van der Waals surface area contributed by atoms with E-state index >= 15 is 0 Å². The van der Waals surface area contributed by atoms with Crippen molar-refractivity contribution in [2.45, 2.75) is 39.2 Å². The third kappa shape index (κ3) is 3.51. The number of aromatic nitrogens is 1. The standard InChI is InChI=1S/C12H20N2O/c1-4-12(3,6-8-15)14-11-5-7-13-10(2)9-11/h5,7,9,15H,4,6,8H2,1-3H3,(H,13,14). The number of anilines is 1. The maximum absolute atomic E-state index is 9.01. The highest BCUT2D eigenvalue weighted by atomic mass is 16.3. The van der Waals surface area contributed by atoms with Crippen molar-refractivity contribution in [1.82, 2.24) is 4.98 Å². The van der Waals surface area contributed by atoms with Gasteiger partial charge in [0.15, 0.2) is 0 Å². The summed E-state index contributed by atoms with van der Waals surface area (Å²) in [5, 5.41) is 12.5. The van der Waals surface area contributed by atoms with Gasteiger partial charge >= 0.3 is 0 Å². The predicted molar refractivity (Wildman–Crippen MR) is 63.0 cm³/mol. The molecule has 0 aromatic carbocycles. The summed E-state index contributed by atoms with van der Waals surface area (Å²) in [6, 6.07) is 3.98. The number of aliphatic hydroxyl groups excluding tert-OH is 1. The van der Waals surface area contributed by atoms with E-state index < -0.39 is 0 Å². The molecule has 0 amide bonds. The number of nitrogens with one attached hydrogen (secondary N) is 1. The lowest BCUT2D eigenvalue weighted by molar-refractivity contribution is 0.252. The van der Waals surface area contributed by atoms with Crippen LogP contribution >= 0.6 is 0 Å². The fourth-order valence-corrected chi connectivity index (χ4v) is 1.55. The quantitative estimate of drug-likeness (QED) is 0.780. The highest BCUT2D eigenvalue weighted by Crippen LogP contribution is 2.21. The fourth-order valence-electron chi connectivity index (χ4n) is 1.55. The van der Waals surface area contributed by atoms with Gasteiger partial charge in [-0.1, -0.05) is 6.92 Å². The first-order chi connectivity index (χ1) is 7.09. The number of hydrogen-bond acceptors (Lipinski definition) is 3. The molecule has 84 valence electrons. The zero-order valence-electron chi connectivity index (χ0n) is 9.75. The van der Waals surface area contributed by atoms with Crippen LogP contribution in [0.15, 0.2) is 18.3 Å². The smallest absolute Gasteiger partial charge is 0.0453 e. The van der Waals surface area contributed by atoms with E-state index in [0.717, 1.165) is 24.2 Å². The second-order valence-electron chi connectivity index (χ2n) is 4.20. The first kappa shape index (κ1) is 12.0. The van der Waals surface area contributed by atoms with E-state index in [1.54, 1.807) is 6.20 Å². The molecular formula is C12H20N2O. The van der Waals surface area contributed by atoms with Gasteiger partial charge < -0.3 is 10.4 Å². The van der Waals surface area contributed by atoms with Crippen LogP contribution in [0, 0.1) is 6.92 Å². The molecule has 0 saturated heterocycles. The Balaban J connectivity index is 2.74. The predicted octanol–water partition coefficient (Wildman–Crippen LogP) is 2.35. The fraction of sp³-hybridized carbons (Fsp3) is 0.583. The molecule has 0 aliphatic rings. The van der Waals surface area contributed by atoms with Crippen LogP contribution in [0.5, 0.6) is 0 Å². The van der Waals surface area contributed by atoms with Gasteiger partial charge in [-0.05, 0) is 38.8 Å². The van der Waals surface area contributed by atoms with Crippen LogP contribution in [-0.2, 0) is 0 Å². The number of nitrogens with zero attached hydrogens (tertiary/aromatic N) is 1. The van der Waals surface area contributed by atoms with Crippen molar-refractivity contribution in [1.29, 1.82) is 0 Å². The minimum Gasteiger partial charge on any atom is -0.396 e. The molecule has 0 radical (unpaired) electrons. The minimum atomic E-state index is -0.0391. The summed E-state index contributed by atoms with van der Waals surface area (Å²) in [4.78, 5) is 4.15. The molecular weight excluding hydrogens is 188 g/mol. The number of hydrogen-bond donors (Lipinski definition) is 2. The van der Waals surface area contributed by atoms with Gasteiger partial charge in [0.2, 0.25) is 0 Å². The molecule has 1 aromatic heterocycles. The van der Waals surface area contributed by atoms with Crippen molar-refractivity contribution in [3.8, 4) is 0 Å². The number of aliphatic hydroxyl groups is 1. The molecule has 1 aromatic rings. The third-order valence-corrected chi connectivity index (χ3v) is 2.79. The van der Waals surface area contributed by atoms with Gasteiger partial charge in [0.25, 0.3) is 0 Å². The number of aryl methyl sites for hydroxylation is 1. The van der Waals surface area contributed by atoms with E-state index in [2.05, 4.69) is 24.1 Å². The molecule has 3 nitrogen and oxygen atoms in total. The Morgan fingerprint density at radius 2 is 2.27 bits per heavy atom. The van der Waals surface area contributed by atoms with Gasteiger partial charge in [0, 0.05) is 29.7 Å². The van der Waals surface area contributed by atoms with Gasteiger partial charge in [-0.25, -0.2) is 0 Å². The summed E-state index contributed by atoms with van der Waals surface area (Å²) in [7, 11) is 0. The summed E-state index contributed by atoms with van der Waals surface area (Å²) in [6.45, 7) is 6.43. The molecule has 0 bridgehead atoms. The zero-order chi connectivity index (χ0) is 11.3. The van der Waals surface area contributed by atoms with Gasteiger partial charge in [0.1, 0.15) is 0 Å². The molecule has 3 heteroatoms. The first-order valence-electron chi connectivity index (χ1n) is 5.41. The molecule has 1 rings (SSSR count). The third-order valence-electron chi connectivity index (χ3n) is 2.79. The van der Waals surface area contributed by atoms with Crippen LogP contribution in [-0.4, -0.2) is 22.2 Å². The molecule has 0 aliphatic heterocycles. The SMILES string of the molecule is CCC(C)(CCO)Nc1ccnc(C)c1. The molecule has 15 heavy (non-hydrogen) atoms. The van der Waals surface area contributed by atoms with Gasteiger partial charge in [0.05, 0.1) is 0 Å². The summed E-state index contributed by atoms with van der Waals surface area (Å²) in [5.41, 5.74) is 2.03. The maximum Gasteiger partial charge on any atom is 0.0453 e. The van der Waals surface area contributed by atoms with E-state index in [0.29, 0.717) is 0 Å². The van der Waals surface area contributed by atoms with Crippen molar-refractivity contribution < 1.29 is 5.11 Å². The van der Waals surface area contributed by atoms with Crippen molar-refractivity contribution in [3.63, 3.8) is 0 Å². The van der Waals surface area contributed by atoms with Crippen LogP contribution < -0.4 is 5.32 Å². The Hall–Kier alpha value is -1.09. The van der Waals surface area contributed by atoms with Gasteiger partial charge in [-0.2, -0.15) is 0 Å². The molecule has 0 aliphatic carbocycles. The monoisotopic (exact) mass is 208 g/mol. The normalized spacial score (nSPS) is 14.7. The molecule has 0 saturated carbocycles. The van der Waals surface area contributed by atoms with Crippen molar-refractivity contribution in [3.05, 3.63) is 24.0 Å². The summed E-state index contributed by atoms with van der Waals surface area (Å²) < 4.78 is 0. The summed E-state index contributed by atoms with van der Waals surface area (Å²) in [5.74, 6) is 0. The second kappa shape index (κ2) is 5.12. The lowest BCUT2D eigenvalue weighted by Gasteiger charge is -2.30. The molecule has 1 unspecified atom stereocenters. The second-order valence-corrected chi connectivity index (χ2v) is 4.20. The van der Waals surface area contributed by atoms with Crippen LogP contribution in [0.1, 0.15) is 32.4 Å². The lowest BCUT2D eigenvalue weighted by atomic mass is 9.94. The Morgan fingerprint density at radius 3 is 2.80 bits per heavy atom. The molecule has 0 spiro atoms. The highest BCUT2D eigenvalue weighted by molar-refractivity contribution is 5.45. The topological polar surface area (TPSA) is 45.1 Å². The van der Waals surface area contributed by atoms with Crippen LogP contribution in [0.4, 0.5) is 5.69 Å². The Morgan fingerprint density at radius 1 is 1.53 bits per heavy atom. The van der Waals surface area contributed by atoms with Gasteiger partial charge in [-0.15, -0.1) is 0 Å².